The van der Waals surface area contributed by atoms with Crippen LogP contribution in [0.5, 0.6) is 11.5 Å². The Kier molecular flexibility index (Phi) is 3.95. The van der Waals surface area contributed by atoms with E-state index in [9.17, 15) is 4.79 Å². The number of amides is 1. The molecule has 0 N–H and O–H groups in total. The zero-order valence-corrected chi connectivity index (χ0v) is 12.5. The fourth-order valence-corrected chi connectivity index (χ4v) is 2.67. The molecule has 1 aromatic heterocycles. The van der Waals surface area contributed by atoms with E-state index in [1.54, 1.807) is 19.1 Å². The lowest BCUT2D eigenvalue weighted by atomic mass is 10.1. The first-order valence-electron chi connectivity index (χ1n) is 6.96. The number of ether oxygens (including phenoxy) is 2. The summed E-state index contributed by atoms with van der Waals surface area (Å²) in [7, 11) is 3.22. The predicted molar refractivity (Wildman–Crippen MR) is 76.6 cm³/mol. The lowest BCUT2D eigenvalue weighted by Gasteiger charge is -2.18. The minimum Gasteiger partial charge on any atom is -0.497 e. The summed E-state index contributed by atoms with van der Waals surface area (Å²) >= 11 is 0. The molecule has 1 amide bonds. The number of rotatable bonds is 5. The van der Waals surface area contributed by atoms with Crippen LogP contribution in [0.15, 0.2) is 29.1 Å². The van der Waals surface area contributed by atoms with Crippen molar-refractivity contribution in [3.05, 3.63) is 36.0 Å². The van der Waals surface area contributed by atoms with E-state index in [4.69, 9.17) is 14.0 Å². The van der Waals surface area contributed by atoms with E-state index in [0.29, 0.717) is 25.3 Å². The SMILES string of the molecule is COc1ccc(OC)c(CN2CC(c3ncon3)CC2=O)c1. The zero-order chi connectivity index (χ0) is 15.5. The molecule has 22 heavy (non-hydrogen) atoms. The molecular weight excluding hydrogens is 286 g/mol. The number of hydrogen-bond donors (Lipinski definition) is 0. The second-order valence-corrected chi connectivity index (χ2v) is 5.14. The first-order valence-corrected chi connectivity index (χ1v) is 6.96. The average Bonchev–Trinajstić information content (AvgIpc) is 3.17. The van der Waals surface area contributed by atoms with Gasteiger partial charge in [0.1, 0.15) is 11.5 Å². The molecule has 116 valence electrons. The fourth-order valence-electron chi connectivity index (χ4n) is 2.67. The molecule has 7 heteroatoms. The lowest BCUT2D eigenvalue weighted by molar-refractivity contribution is -0.128. The molecule has 0 bridgehead atoms. The molecule has 0 saturated carbocycles. The molecule has 1 atom stereocenters. The van der Waals surface area contributed by atoms with Crippen LogP contribution in [-0.4, -0.2) is 41.7 Å². The van der Waals surface area contributed by atoms with Crippen LogP contribution in [0.2, 0.25) is 0 Å². The second kappa shape index (κ2) is 6.05. The molecule has 1 aliphatic heterocycles. The van der Waals surface area contributed by atoms with Crippen LogP contribution < -0.4 is 9.47 Å². The van der Waals surface area contributed by atoms with E-state index in [-0.39, 0.29) is 11.8 Å². The van der Waals surface area contributed by atoms with Crippen LogP contribution in [0.25, 0.3) is 0 Å². The number of benzene rings is 1. The summed E-state index contributed by atoms with van der Waals surface area (Å²) in [4.78, 5) is 18.0. The number of likely N-dealkylation sites (tertiary alicyclic amines) is 1. The Morgan fingerprint density at radius 2 is 2.23 bits per heavy atom. The Labute approximate surface area is 127 Å². The Morgan fingerprint density at radius 3 is 2.91 bits per heavy atom. The van der Waals surface area contributed by atoms with Gasteiger partial charge in [-0.25, -0.2) is 0 Å². The van der Waals surface area contributed by atoms with Crippen molar-refractivity contribution in [1.82, 2.24) is 15.0 Å². The number of carbonyl (C=O) groups excluding carboxylic acids is 1. The van der Waals surface area contributed by atoms with Crippen molar-refractivity contribution >= 4 is 5.91 Å². The van der Waals surface area contributed by atoms with E-state index in [2.05, 4.69) is 10.1 Å². The van der Waals surface area contributed by atoms with E-state index in [0.717, 1.165) is 17.1 Å². The van der Waals surface area contributed by atoms with Crippen molar-refractivity contribution < 1.29 is 18.8 Å². The van der Waals surface area contributed by atoms with Crippen LogP contribution in [0.1, 0.15) is 23.7 Å². The molecule has 2 aromatic rings. The van der Waals surface area contributed by atoms with Crippen LogP contribution in [-0.2, 0) is 11.3 Å². The molecule has 1 saturated heterocycles. The van der Waals surface area contributed by atoms with Gasteiger partial charge >= 0.3 is 0 Å². The van der Waals surface area contributed by atoms with Crippen molar-refractivity contribution in [2.45, 2.75) is 18.9 Å². The number of hydrogen-bond acceptors (Lipinski definition) is 6. The third-order valence-electron chi connectivity index (χ3n) is 3.81. The van der Waals surface area contributed by atoms with Crippen LogP contribution in [0.3, 0.4) is 0 Å². The molecule has 7 nitrogen and oxygen atoms in total. The molecular formula is C15H17N3O4. The standard InChI is InChI=1S/C15H17N3O4/c1-20-12-3-4-13(21-2)10(5-12)7-18-8-11(6-14(18)19)15-16-9-22-17-15/h3-5,9,11H,6-8H2,1-2H3. The summed E-state index contributed by atoms with van der Waals surface area (Å²) in [6.07, 6.45) is 1.68. The summed E-state index contributed by atoms with van der Waals surface area (Å²) in [6.45, 7) is 1.03. The summed E-state index contributed by atoms with van der Waals surface area (Å²) in [5, 5.41) is 3.83. The normalized spacial score (nSPS) is 17.8. The third-order valence-corrected chi connectivity index (χ3v) is 3.81. The van der Waals surface area contributed by atoms with Gasteiger partial charge in [0.2, 0.25) is 12.3 Å². The second-order valence-electron chi connectivity index (χ2n) is 5.14. The maximum Gasteiger partial charge on any atom is 0.223 e. The van der Waals surface area contributed by atoms with Gasteiger partial charge in [0.25, 0.3) is 0 Å². The van der Waals surface area contributed by atoms with Gasteiger partial charge in [0, 0.05) is 31.0 Å². The molecule has 0 spiro atoms. The van der Waals surface area contributed by atoms with E-state index >= 15 is 0 Å². The van der Waals surface area contributed by atoms with E-state index in [1.165, 1.54) is 6.39 Å². The molecule has 0 radical (unpaired) electrons. The number of aromatic nitrogens is 2. The van der Waals surface area contributed by atoms with Gasteiger partial charge in [-0.15, -0.1) is 0 Å². The highest BCUT2D eigenvalue weighted by Gasteiger charge is 2.33. The van der Waals surface area contributed by atoms with Gasteiger partial charge in [0.15, 0.2) is 5.82 Å². The van der Waals surface area contributed by atoms with Gasteiger partial charge in [-0.3, -0.25) is 4.79 Å². The Bertz CT molecular complexity index is 657. The first-order chi connectivity index (χ1) is 10.7. The third kappa shape index (κ3) is 2.74. The average molecular weight is 303 g/mol. The molecule has 2 heterocycles. The molecule has 1 aliphatic rings. The lowest BCUT2D eigenvalue weighted by Crippen LogP contribution is -2.24. The van der Waals surface area contributed by atoms with Crippen molar-refractivity contribution in [3.8, 4) is 11.5 Å². The van der Waals surface area contributed by atoms with E-state index < -0.39 is 0 Å². The summed E-state index contributed by atoms with van der Waals surface area (Å²) in [5.74, 6) is 2.09. The molecule has 3 rings (SSSR count). The predicted octanol–water partition coefficient (Wildman–Crippen LogP) is 1.60. The first kappa shape index (κ1) is 14.4. The van der Waals surface area contributed by atoms with Gasteiger partial charge < -0.3 is 18.9 Å². The van der Waals surface area contributed by atoms with Crippen molar-refractivity contribution in [2.24, 2.45) is 0 Å². The highest BCUT2D eigenvalue weighted by Crippen LogP contribution is 2.30. The Balaban J connectivity index is 1.77. The summed E-state index contributed by atoms with van der Waals surface area (Å²) in [5.41, 5.74) is 0.906. The minimum absolute atomic E-state index is 0.0251. The quantitative estimate of drug-likeness (QED) is 0.835. The fraction of sp³-hybridized carbons (Fsp3) is 0.400. The smallest absolute Gasteiger partial charge is 0.223 e. The van der Waals surface area contributed by atoms with Crippen LogP contribution >= 0.6 is 0 Å². The molecule has 1 aromatic carbocycles. The summed E-state index contributed by atoms with van der Waals surface area (Å²) < 4.78 is 15.3. The van der Waals surface area contributed by atoms with Crippen molar-refractivity contribution in [2.75, 3.05) is 20.8 Å². The highest BCUT2D eigenvalue weighted by atomic mass is 16.5. The topological polar surface area (TPSA) is 77.7 Å². The van der Waals surface area contributed by atoms with Crippen LogP contribution in [0, 0.1) is 0 Å². The molecule has 1 fully saturated rings. The van der Waals surface area contributed by atoms with Gasteiger partial charge in [-0.1, -0.05) is 5.16 Å². The Morgan fingerprint density at radius 1 is 1.36 bits per heavy atom. The molecule has 0 aliphatic carbocycles. The number of carbonyl (C=O) groups is 1. The largest absolute Gasteiger partial charge is 0.497 e. The van der Waals surface area contributed by atoms with Crippen molar-refractivity contribution in [3.63, 3.8) is 0 Å². The Hall–Kier alpha value is -2.57. The maximum absolute atomic E-state index is 12.2. The number of nitrogens with zero attached hydrogens (tertiary/aromatic N) is 3. The zero-order valence-electron chi connectivity index (χ0n) is 12.5. The van der Waals surface area contributed by atoms with Crippen LogP contribution in [0.4, 0.5) is 0 Å². The van der Waals surface area contributed by atoms with E-state index in [1.807, 2.05) is 18.2 Å². The molecule has 1 unspecified atom stereocenters. The summed E-state index contributed by atoms with van der Waals surface area (Å²) in [6, 6.07) is 5.55. The minimum atomic E-state index is -0.0251. The number of methoxy groups -OCH3 is 2. The van der Waals surface area contributed by atoms with Gasteiger partial charge in [-0.2, -0.15) is 4.98 Å². The highest BCUT2D eigenvalue weighted by molar-refractivity contribution is 5.79. The van der Waals surface area contributed by atoms with Gasteiger partial charge in [0.05, 0.1) is 14.2 Å². The maximum atomic E-state index is 12.2. The van der Waals surface area contributed by atoms with Crippen molar-refractivity contribution in [1.29, 1.82) is 0 Å². The monoisotopic (exact) mass is 303 g/mol. The van der Waals surface area contributed by atoms with Gasteiger partial charge in [-0.05, 0) is 18.2 Å².